The average molecular weight is 308 g/mol. The van der Waals surface area contributed by atoms with Gasteiger partial charge in [0.2, 0.25) is 5.84 Å². The number of carbonyl (C=O) groups excluding carboxylic acids is 1. The lowest BCUT2D eigenvalue weighted by molar-refractivity contribution is -0.110. The van der Waals surface area contributed by atoms with Crippen molar-refractivity contribution in [3.8, 4) is 5.75 Å². The van der Waals surface area contributed by atoms with Crippen LogP contribution in [0.5, 0.6) is 5.75 Å². The number of nitrogens with zero attached hydrogens (tertiary/aromatic N) is 2. The fraction of sp³-hybridized carbons (Fsp3) is 0.133. The second-order valence-corrected chi connectivity index (χ2v) is 4.24. The molecular formula is C15H11F3N2O2. The van der Waals surface area contributed by atoms with E-state index in [0.717, 1.165) is 12.2 Å². The van der Waals surface area contributed by atoms with Crippen LogP contribution in [0.2, 0.25) is 0 Å². The zero-order valence-corrected chi connectivity index (χ0v) is 11.5. The lowest BCUT2D eigenvalue weighted by atomic mass is 10.1. The first-order valence-electron chi connectivity index (χ1n) is 6.17. The molecule has 0 unspecified atom stereocenters. The number of allylic oxidation sites excluding steroid dienone is 4. The molecule has 2 rings (SSSR count). The number of benzene rings is 1. The molecule has 0 fully saturated rings. The predicted octanol–water partition coefficient (Wildman–Crippen LogP) is 3.42. The lowest BCUT2D eigenvalue weighted by Crippen LogP contribution is -2.22. The topological polar surface area (TPSA) is 51.0 Å². The van der Waals surface area contributed by atoms with Crippen molar-refractivity contribution >= 4 is 23.0 Å². The van der Waals surface area contributed by atoms with Gasteiger partial charge in [0.25, 0.3) is 0 Å². The number of carbonyl (C=O) groups is 1. The van der Waals surface area contributed by atoms with E-state index < -0.39 is 12.0 Å². The number of amidine groups is 1. The highest BCUT2D eigenvalue weighted by Gasteiger charge is 2.36. The average Bonchev–Trinajstić information content (AvgIpc) is 2.48. The van der Waals surface area contributed by atoms with Crippen LogP contribution in [0.25, 0.3) is 0 Å². The summed E-state index contributed by atoms with van der Waals surface area (Å²) in [5, 5.41) is 0. The number of rotatable bonds is 2. The maximum absolute atomic E-state index is 13.0. The molecule has 0 saturated carbocycles. The lowest BCUT2D eigenvalue weighted by Gasteiger charge is -2.08. The van der Waals surface area contributed by atoms with E-state index >= 15 is 0 Å². The van der Waals surface area contributed by atoms with Gasteiger partial charge in [0.1, 0.15) is 5.75 Å². The van der Waals surface area contributed by atoms with Crippen LogP contribution in [-0.2, 0) is 4.79 Å². The Kier molecular flexibility index (Phi) is 4.55. The zero-order chi connectivity index (χ0) is 16.2. The Morgan fingerprint density at radius 1 is 1.05 bits per heavy atom. The van der Waals surface area contributed by atoms with E-state index in [1.165, 1.54) is 43.5 Å². The van der Waals surface area contributed by atoms with Crippen LogP contribution >= 0.6 is 0 Å². The summed E-state index contributed by atoms with van der Waals surface area (Å²) in [7, 11) is 1.45. The van der Waals surface area contributed by atoms with Crippen LogP contribution in [0.15, 0.2) is 58.6 Å². The predicted molar refractivity (Wildman–Crippen MR) is 76.9 cm³/mol. The molecule has 0 heterocycles. The van der Waals surface area contributed by atoms with Crippen molar-refractivity contribution in [3.63, 3.8) is 0 Å². The molecule has 1 aliphatic carbocycles. The molecule has 114 valence electrons. The summed E-state index contributed by atoms with van der Waals surface area (Å²) in [6.07, 6.45) is -0.0221. The number of ketones is 1. The highest BCUT2D eigenvalue weighted by atomic mass is 19.4. The first-order valence-corrected chi connectivity index (χ1v) is 6.17. The van der Waals surface area contributed by atoms with E-state index in [9.17, 15) is 18.0 Å². The van der Waals surface area contributed by atoms with E-state index in [-0.39, 0.29) is 17.2 Å². The molecule has 0 amide bonds. The molecule has 0 atom stereocenters. The number of aliphatic imine (C=N–C) groups is 2. The number of hydrogen-bond donors (Lipinski definition) is 0. The van der Waals surface area contributed by atoms with Crippen molar-refractivity contribution in [2.24, 2.45) is 9.98 Å². The van der Waals surface area contributed by atoms with E-state index in [1.807, 2.05) is 0 Å². The van der Waals surface area contributed by atoms with Gasteiger partial charge in [0.15, 0.2) is 5.78 Å². The van der Waals surface area contributed by atoms with E-state index in [1.54, 1.807) is 0 Å². The van der Waals surface area contributed by atoms with Gasteiger partial charge in [-0.2, -0.15) is 13.2 Å². The van der Waals surface area contributed by atoms with E-state index in [2.05, 4.69) is 9.98 Å². The number of ether oxygens (including phenoxy) is 1. The van der Waals surface area contributed by atoms with Crippen molar-refractivity contribution in [2.45, 2.75) is 6.18 Å². The Balaban J connectivity index is 2.36. The number of hydrogen-bond acceptors (Lipinski definition) is 3. The van der Waals surface area contributed by atoms with Crippen molar-refractivity contribution in [1.82, 2.24) is 0 Å². The van der Waals surface area contributed by atoms with Gasteiger partial charge in [-0.05, 0) is 48.6 Å². The molecule has 22 heavy (non-hydrogen) atoms. The summed E-state index contributed by atoms with van der Waals surface area (Å²) < 4.78 is 43.9. The molecule has 0 N–H and O–H groups in total. The molecule has 0 bridgehead atoms. The van der Waals surface area contributed by atoms with Crippen LogP contribution in [-0.4, -0.2) is 30.6 Å². The van der Waals surface area contributed by atoms with E-state index in [4.69, 9.17) is 4.74 Å². The van der Waals surface area contributed by atoms with Crippen LogP contribution in [0.3, 0.4) is 0 Å². The SMILES string of the molecule is COc1ccc(N=C(N=C2C=CC(=O)C=C2)C(F)(F)F)cc1. The van der Waals surface area contributed by atoms with Gasteiger partial charge in [-0.25, -0.2) is 9.98 Å². The molecule has 4 nitrogen and oxygen atoms in total. The van der Waals surface area contributed by atoms with Crippen molar-refractivity contribution in [1.29, 1.82) is 0 Å². The van der Waals surface area contributed by atoms with Gasteiger partial charge >= 0.3 is 6.18 Å². The smallest absolute Gasteiger partial charge is 0.451 e. The second-order valence-electron chi connectivity index (χ2n) is 4.24. The normalized spacial score (nSPS) is 15.2. The molecule has 0 aliphatic heterocycles. The largest absolute Gasteiger partial charge is 0.497 e. The summed E-state index contributed by atoms with van der Waals surface area (Å²) in [6.45, 7) is 0. The second kappa shape index (κ2) is 6.38. The molecule has 0 spiro atoms. The minimum Gasteiger partial charge on any atom is -0.497 e. The zero-order valence-electron chi connectivity index (χ0n) is 11.5. The Hall–Kier alpha value is -2.70. The molecule has 0 aromatic heterocycles. The number of halogens is 3. The third kappa shape index (κ3) is 4.15. The van der Waals surface area contributed by atoms with Gasteiger partial charge in [0, 0.05) is 0 Å². The quantitative estimate of drug-likeness (QED) is 0.477. The van der Waals surface area contributed by atoms with Gasteiger partial charge < -0.3 is 4.74 Å². The maximum Gasteiger partial charge on any atom is 0.451 e. The Labute approximate surface area is 124 Å². The van der Waals surface area contributed by atoms with Gasteiger partial charge in [-0.1, -0.05) is 0 Å². The fourth-order valence-electron chi connectivity index (χ4n) is 1.57. The molecular weight excluding hydrogens is 297 g/mol. The standard InChI is InChI=1S/C15H11F3N2O2/c1-22-13-8-4-11(5-9-13)20-14(15(16,17)18)19-10-2-6-12(21)7-3-10/h2-9H,1H3. The Morgan fingerprint density at radius 2 is 1.64 bits per heavy atom. The Morgan fingerprint density at radius 3 is 2.14 bits per heavy atom. The van der Waals surface area contributed by atoms with Gasteiger partial charge in [-0.3, -0.25) is 4.79 Å². The molecule has 1 aromatic rings. The summed E-state index contributed by atoms with van der Waals surface area (Å²) in [6, 6.07) is 5.78. The van der Waals surface area contributed by atoms with Crippen molar-refractivity contribution in [2.75, 3.05) is 7.11 Å². The first kappa shape index (κ1) is 15.7. The van der Waals surface area contributed by atoms with Gasteiger partial charge in [-0.15, -0.1) is 0 Å². The number of alkyl halides is 3. The minimum atomic E-state index is -4.71. The monoisotopic (exact) mass is 308 g/mol. The number of methoxy groups -OCH3 is 1. The maximum atomic E-state index is 13.0. The summed E-state index contributed by atoms with van der Waals surface area (Å²) in [5.74, 6) is -1.09. The van der Waals surface area contributed by atoms with Crippen LogP contribution < -0.4 is 4.74 Å². The molecule has 7 heteroatoms. The summed E-state index contributed by atoms with van der Waals surface area (Å²) in [4.78, 5) is 17.9. The summed E-state index contributed by atoms with van der Waals surface area (Å²) >= 11 is 0. The van der Waals surface area contributed by atoms with E-state index in [0.29, 0.717) is 5.75 Å². The summed E-state index contributed by atoms with van der Waals surface area (Å²) in [5.41, 5.74) is 0.0986. The minimum absolute atomic E-state index is 0.00388. The molecule has 0 radical (unpaired) electrons. The van der Waals surface area contributed by atoms with Gasteiger partial charge in [0.05, 0.1) is 18.5 Å². The molecule has 1 aromatic carbocycles. The highest BCUT2D eigenvalue weighted by Crippen LogP contribution is 2.24. The van der Waals surface area contributed by atoms with Crippen LogP contribution in [0, 0.1) is 0 Å². The molecule has 1 aliphatic rings. The highest BCUT2D eigenvalue weighted by molar-refractivity contribution is 6.19. The first-order chi connectivity index (χ1) is 10.4. The van der Waals surface area contributed by atoms with Crippen molar-refractivity contribution < 1.29 is 22.7 Å². The van der Waals surface area contributed by atoms with Crippen LogP contribution in [0.1, 0.15) is 0 Å². The third-order valence-corrected chi connectivity index (χ3v) is 2.63. The third-order valence-electron chi connectivity index (χ3n) is 2.63. The van der Waals surface area contributed by atoms with Crippen molar-refractivity contribution in [3.05, 3.63) is 48.6 Å². The molecule has 0 saturated heterocycles. The Bertz CT molecular complexity index is 666. The van der Waals surface area contributed by atoms with Crippen LogP contribution in [0.4, 0.5) is 18.9 Å². The fourth-order valence-corrected chi connectivity index (χ4v) is 1.57.